The van der Waals surface area contributed by atoms with Crippen molar-refractivity contribution in [3.8, 4) is 0 Å². The van der Waals surface area contributed by atoms with Crippen molar-refractivity contribution >= 4 is 76.7 Å². The van der Waals surface area contributed by atoms with Gasteiger partial charge in [0.05, 0.1) is 0 Å². The molecule has 12 atom stereocenters. The van der Waals surface area contributed by atoms with E-state index in [2.05, 4.69) is 21.3 Å². The van der Waals surface area contributed by atoms with Crippen LogP contribution in [-0.2, 0) is 52.7 Å². The van der Waals surface area contributed by atoms with Gasteiger partial charge in [0.1, 0.15) is 66.5 Å². The monoisotopic (exact) mass is 1320 g/mol. The molecule has 0 radical (unpaired) electrons. The Labute approximate surface area is 558 Å². The molecule has 1 heterocycles. The zero-order valence-corrected chi connectivity index (χ0v) is 62.1. The average molecular weight is 1320 g/mol. The highest BCUT2D eigenvalue weighted by Crippen LogP contribution is 2.26. The molecule has 0 spiro atoms. The molecule has 4 N–H and O–H groups in total. The van der Waals surface area contributed by atoms with Gasteiger partial charge in [-0.1, -0.05) is 109 Å². The fourth-order valence-corrected chi connectivity index (χ4v) is 12.7. The van der Waals surface area contributed by atoms with Gasteiger partial charge in [0.2, 0.25) is 65.0 Å². The molecule has 528 valence electrons. The molecule has 23 nitrogen and oxygen atoms in total. The van der Waals surface area contributed by atoms with Crippen molar-refractivity contribution in [3.63, 3.8) is 0 Å². The molecule has 1 aliphatic rings. The summed E-state index contributed by atoms with van der Waals surface area (Å²) >= 11 is 1.45. The summed E-state index contributed by atoms with van der Waals surface area (Å²) in [5.41, 5.74) is 0. The first-order chi connectivity index (χ1) is 42.6. The number of carbonyl (C=O) groups excluding carboxylic acids is 11. The second-order valence-corrected chi connectivity index (χ2v) is 29.6. The van der Waals surface area contributed by atoms with E-state index in [1.54, 1.807) is 34.6 Å². The first-order valence-corrected chi connectivity index (χ1v) is 34.7. The van der Waals surface area contributed by atoms with Gasteiger partial charge < -0.3 is 60.5 Å². The van der Waals surface area contributed by atoms with E-state index in [1.807, 2.05) is 100 Å². The second kappa shape index (κ2) is 39.8. The van der Waals surface area contributed by atoms with Crippen LogP contribution in [0.3, 0.4) is 0 Å². The number of nitrogens with zero attached hydrogens (tertiary/aromatic N) is 8. The van der Waals surface area contributed by atoms with E-state index in [1.165, 1.54) is 109 Å². The van der Waals surface area contributed by atoms with Gasteiger partial charge in [0.15, 0.2) is 0 Å². The van der Waals surface area contributed by atoms with E-state index in [0.717, 1.165) is 0 Å². The summed E-state index contributed by atoms with van der Waals surface area (Å²) in [6.07, 6.45) is 5.93. The van der Waals surface area contributed by atoms with Gasteiger partial charge in [-0.25, -0.2) is 0 Å². The van der Waals surface area contributed by atoms with Crippen molar-refractivity contribution in [1.29, 1.82) is 0 Å². The van der Waals surface area contributed by atoms with E-state index in [4.69, 9.17) is 0 Å². The molecule has 1 aliphatic heterocycles. The van der Waals surface area contributed by atoms with Gasteiger partial charge in [0, 0.05) is 67.4 Å². The number of hydrogen-bond acceptors (Lipinski definition) is 13. The number of hydrogen-bond donors (Lipinski definition) is 4. The zero-order valence-electron chi connectivity index (χ0n) is 61.3. The summed E-state index contributed by atoms with van der Waals surface area (Å²) in [5, 5.41) is 11.4. The van der Waals surface area contributed by atoms with Gasteiger partial charge in [-0.2, -0.15) is 11.8 Å². The second-order valence-electron chi connectivity index (χ2n) is 28.5. The Bertz CT molecular complexity index is 2470. The van der Waals surface area contributed by atoms with Crippen LogP contribution in [0.2, 0.25) is 0 Å². The number of thioether (sulfide) groups is 1. The highest BCUT2D eigenvalue weighted by molar-refractivity contribution is 7.99. The van der Waals surface area contributed by atoms with Crippen LogP contribution >= 0.6 is 11.8 Å². The molecule has 0 aliphatic carbocycles. The first kappa shape index (κ1) is 84.2. The van der Waals surface area contributed by atoms with Crippen LogP contribution in [0.1, 0.15) is 169 Å². The molecule has 1 saturated heterocycles. The molecule has 92 heavy (non-hydrogen) atoms. The van der Waals surface area contributed by atoms with Crippen LogP contribution < -0.4 is 21.3 Å². The molecule has 0 aromatic carbocycles. The standard InChI is InChI=1S/C68H124N12O11S/c1-27-29-30-46(15)38-52-60(83)71-49(28-2)63(86)79(25)55(39-92-34-33-73(18)19)66(89)75(21)51(35-41(5)6)61(84)72-56(44(11)12)67(90)74(20)50(32-31-40(3)4)59(82)69-47(16)58(81)70-48(17)62(85)77(23)53(36-42(7)8)64(87)78(24)54(37-43(9)10)65(88)80(26)57(45(13)14)68(91)76(52)22/h27,29,40-57H,28,30-39H2,1-26H3,(H,69,82)(H,70,81)(H,71,83)(H,72,84)/b29-27+/t46-,47-,48-,49-,50-,51+,52-,53+,54+,55-,56-,57-/m1/s1. The van der Waals surface area contributed by atoms with Gasteiger partial charge in [-0.15, -0.1) is 0 Å². The maximum absolute atomic E-state index is 15.3. The number of likely N-dealkylation sites (N-methyl/N-ethyl adjacent to an activating group) is 7. The lowest BCUT2D eigenvalue weighted by Crippen LogP contribution is -2.62. The summed E-state index contributed by atoms with van der Waals surface area (Å²) in [6.45, 7) is 31.6. The van der Waals surface area contributed by atoms with Crippen molar-refractivity contribution in [3.05, 3.63) is 12.2 Å². The van der Waals surface area contributed by atoms with Gasteiger partial charge in [-0.05, 0) is 128 Å². The maximum Gasteiger partial charge on any atom is 0.246 e. The quantitative estimate of drug-likeness (QED) is 0.0836. The van der Waals surface area contributed by atoms with Crippen LogP contribution in [0.25, 0.3) is 0 Å². The molecule has 1 rings (SSSR count). The minimum atomic E-state index is -1.22. The Kier molecular flexibility index (Phi) is 36.4. The van der Waals surface area contributed by atoms with Crippen molar-refractivity contribution in [2.45, 2.75) is 236 Å². The molecule has 1 fully saturated rings. The minimum absolute atomic E-state index is 0.0970. The topological polar surface area (TPSA) is 262 Å². The summed E-state index contributed by atoms with van der Waals surface area (Å²) in [4.78, 5) is 175. The zero-order chi connectivity index (χ0) is 71.1. The van der Waals surface area contributed by atoms with Crippen molar-refractivity contribution < 1.29 is 52.7 Å². The van der Waals surface area contributed by atoms with E-state index < -0.39 is 143 Å². The average Bonchev–Trinajstić information content (AvgIpc) is 0.874. The number of amides is 11. The van der Waals surface area contributed by atoms with E-state index in [0.29, 0.717) is 25.1 Å². The lowest BCUT2D eigenvalue weighted by Gasteiger charge is -2.41. The number of carbonyl (C=O) groups is 11. The smallest absolute Gasteiger partial charge is 0.246 e. The molecule has 0 unspecified atom stereocenters. The van der Waals surface area contributed by atoms with Crippen molar-refractivity contribution in [1.82, 2.24) is 60.5 Å². The molecule has 0 aromatic heterocycles. The van der Waals surface area contributed by atoms with E-state index in [9.17, 15) is 24.0 Å². The Morgan fingerprint density at radius 2 is 0.880 bits per heavy atom. The third-order valence-corrected chi connectivity index (χ3v) is 18.5. The lowest BCUT2D eigenvalue weighted by molar-refractivity contribution is -0.156. The van der Waals surface area contributed by atoms with Gasteiger partial charge >= 0.3 is 0 Å². The molecule has 0 aromatic rings. The van der Waals surface area contributed by atoms with E-state index in [-0.39, 0.29) is 73.9 Å². The van der Waals surface area contributed by atoms with Crippen molar-refractivity contribution in [2.75, 3.05) is 81.5 Å². The number of nitrogens with one attached hydrogen (secondary N) is 4. The molecular formula is C68H124N12O11S. The summed E-state index contributed by atoms with van der Waals surface area (Å²) in [7, 11) is 14.3. The Morgan fingerprint density at radius 3 is 1.36 bits per heavy atom. The third kappa shape index (κ3) is 25.2. The van der Waals surface area contributed by atoms with Crippen LogP contribution in [0, 0.1) is 41.4 Å². The van der Waals surface area contributed by atoms with Gasteiger partial charge in [-0.3, -0.25) is 52.7 Å². The maximum atomic E-state index is 15.3. The Morgan fingerprint density at radius 1 is 0.457 bits per heavy atom. The summed E-state index contributed by atoms with van der Waals surface area (Å²) in [6, 6.07) is -12.7. The van der Waals surface area contributed by atoms with Crippen LogP contribution in [0.4, 0.5) is 0 Å². The molecule has 0 bridgehead atoms. The fourth-order valence-electron chi connectivity index (χ4n) is 11.5. The normalized spacial score (nSPS) is 26.3. The molecular weight excluding hydrogens is 1190 g/mol. The Hall–Kier alpha value is -5.78. The molecule has 0 saturated carbocycles. The minimum Gasteiger partial charge on any atom is -0.343 e. The first-order valence-electron chi connectivity index (χ1n) is 33.5. The predicted molar refractivity (Wildman–Crippen MR) is 366 cm³/mol. The fraction of sp³-hybridized carbons (Fsp3) is 0.809. The highest BCUT2D eigenvalue weighted by atomic mass is 32.2. The van der Waals surface area contributed by atoms with Crippen molar-refractivity contribution in [2.24, 2.45) is 41.4 Å². The third-order valence-electron chi connectivity index (χ3n) is 17.5. The van der Waals surface area contributed by atoms with Crippen LogP contribution in [0.15, 0.2) is 12.2 Å². The largest absolute Gasteiger partial charge is 0.343 e. The van der Waals surface area contributed by atoms with Crippen LogP contribution in [-0.4, -0.2) is 252 Å². The lowest BCUT2D eigenvalue weighted by atomic mass is 9.93. The SMILES string of the molecule is C/C=C/C[C@@H](C)C[C@@H]1C(=O)N[C@H](CC)C(=O)N(C)[C@H](CSCCN(C)C)C(=O)N(C)[C@@H](CC(C)C)C(=O)N[C@H](C(C)C)C(=O)N(C)[C@H](CCC(C)C)C(=O)N[C@H](C)C(=O)N[C@H](C)C(=O)N(C)[C@@H](CC(C)C)C(=O)N(C)[C@@H](CC(C)C)C(=O)N(C)[C@H](C(C)C)C(=O)N1C. The van der Waals surface area contributed by atoms with Gasteiger partial charge in [0.25, 0.3) is 0 Å². The Balaban J connectivity index is 4.49. The molecule has 24 heteroatoms. The number of rotatable bonds is 21. The van der Waals surface area contributed by atoms with E-state index >= 15 is 28.8 Å². The number of allylic oxidation sites excluding steroid dienone is 2. The van der Waals surface area contributed by atoms with Crippen LogP contribution in [0.5, 0.6) is 0 Å². The highest BCUT2D eigenvalue weighted by Gasteiger charge is 2.45. The summed E-state index contributed by atoms with van der Waals surface area (Å²) < 4.78 is 0. The summed E-state index contributed by atoms with van der Waals surface area (Å²) in [5.74, 6) is -7.35. The molecule has 11 amide bonds. The predicted octanol–water partition coefficient (Wildman–Crippen LogP) is 5.35.